The Hall–Kier alpha value is -2.43. The fourth-order valence-electron chi connectivity index (χ4n) is 2.36. The number of carbonyl (C=O) groups excluding carboxylic acids is 1. The van der Waals surface area contributed by atoms with E-state index in [4.69, 9.17) is 0 Å². The summed E-state index contributed by atoms with van der Waals surface area (Å²) in [6, 6.07) is 7.69. The number of aryl methyl sites for hydroxylation is 1. The zero-order chi connectivity index (χ0) is 14.7. The predicted octanol–water partition coefficient (Wildman–Crippen LogP) is 2.64. The van der Waals surface area contributed by atoms with E-state index < -0.39 is 0 Å². The SMILES string of the molecule is Cc1ccc(NC(=O)c2cnc(N3CCCC3)nc2)cc1. The fourth-order valence-corrected chi connectivity index (χ4v) is 2.36. The highest BCUT2D eigenvalue weighted by molar-refractivity contribution is 6.03. The summed E-state index contributed by atoms with van der Waals surface area (Å²) < 4.78 is 0. The molecule has 0 spiro atoms. The average Bonchev–Trinajstić information content (AvgIpc) is 3.04. The Morgan fingerprint density at radius 3 is 2.33 bits per heavy atom. The minimum atomic E-state index is -0.188. The van der Waals surface area contributed by atoms with Gasteiger partial charge in [0.05, 0.1) is 5.56 Å². The summed E-state index contributed by atoms with van der Waals surface area (Å²) in [5.74, 6) is 0.520. The van der Waals surface area contributed by atoms with Gasteiger partial charge in [0.2, 0.25) is 5.95 Å². The summed E-state index contributed by atoms with van der Waals surface area (Å²) >= 11 is 0. The third-order valence-corrected chi connectivity index (χ3v) is 3.60. The predicted molar refractivity (Wildman–Crippen MR) is 82.6 cm³/mol. The van der Waals surface area contributed by atoms with E-state index >= 15 is 0 Å². The monoisotopic (exact) mass is 282 g/mol. The Morgan fingerprint density at radius 1 is 1.10 bits per heavy atom. The molecular formula is C16H18N4O. The highest BCUT2D eigenvalue weighted by Crippen LogP contribution is 2.15. The second kappa shape index (κ2) is 5.91. The molecule has 3 rings (SSSR count). The lowest BCUT2D eigenvalue weighted by atomic mass is 10.2. The molecule has 1 saturated heterocycles. The molecule has 0 radical (unpaired) electrons. The molecule has 0 saturated carbocycles. The van der Waals surface area contributed by atoms with Gasteiger partial charge in [-0.2, -0.15) is 0 Å². The van der Waals surface area contributed by atoms with Gasteiger partial charge in [-0.25, -0.2) is 9.97 Å². The van der Waals surface area contributed by atoms with E-state index in [-0.39, 0.29) is 5.91 Å². The summed E-state index contributed by atoms with van der Waals surface area (Å²) in [5, 5.41) is 2.84. The molecule has 2 aromatic rings. The van der Waals surface area contributed by atoms with Crippen molar-refractivity contribution in [1.82, 2.24) is 9.97 Å². The highest BCUT2D eigenvalue weighted by atomic mass is 16.1. The largest absolute Gasteiger partial charge is 0.341 e. The van der Waals surface area contributed by atoms with Gasteiger partial charge in [-0.05, 0) is 31.9 Å². The van der Waals surface area contributed by atoms with Crippen LogP contribution in [0.2, 0.25) is 0 Å². The van der Waals surface area contributed by atoms with Crippen LogP contribution in [0.25, 0.3) is 0 Å². The lowest BCUT2D eigenvalue weighted by molar-refractivity contribution is 0.102. The summed E-state index contributed by atoms with van der Waals surface area (Å²) in [7, 11) is 0. The Balaban J connectivity index is 1.68. The first-order valence-electron chi connectivity index (χ1n) is 7.17. The molecule has 1 fully saturated rings. The van der Waals surface area contributed by atoms with Crippen molar-refractivity contribution >= 4 is 17.5 Å². The molecule has 1 amide bonds. The molecule has 21 heavy (non-hydrogen) atoms. The second-order valence-corrected chi connectivity index (χ2v) is 5.29. The normalized spacial score (nSPS) is 14.2. The van der Waals surface area contributed by atoms with Gasteiger partial charge in [0.1, 0.15) is 0 Å². The lowest BCUT2D eigenvalue weighted by Crippen LogP contribution is -2.21. The number of nitrogens with zero attached hydrogens (tertiary/aromatic N) is 3. The van der Waals surface area contributed by atoms with Crippen molar-refractivity contribution in [3.05, 3.63) is 47.8 Å². The zero-order valence-corrected chi connectivity index (χ0v) is 12.0. The molecule has 1 N–H and O–H groups in total. The molecule has 1 aliphatic heterocycles. The lowest BCUT2D eigenvalue weighted by Gasteiger charge is -2.14. The van der Waals surface area contributed by atoms with Gasteiger partial charge in [-0.1, -0.05) is 17.7 Å². The van der Waals surface area contributed by atoms with Gasteiger partial charge in [0, 0.05) is 31.2 Å². The van der Waals surface area contributed by atoms with Crippen molar-refractivity contribution in [3.8, 4) is 0 Å². The van der Waals surface area contributed by atoms with Crippen LogP contribution in [0.3, 0.4) is 0 Å². The van der Waals surface area contributed by atoms with E-state index in [2.05, 4.69) is 20.2 Å². The van der Waals surface area contributed by atoms with Gasteiger partial charge in [0.15, 0.2) is 0 Å². The summed E-state index contributed by atoms with van der Waals surface area (Å²) in [6.45, 7) is 4.00. The number of anilines is 2. The van der Waals surface area contributed by atoms with Crippen LogP contribution < -0.4 is 10.2 Å². The zero-order valence-electron chi connectivity index (χ0n) is 12.0. The van der Waals surface area contributed by atoms with Crippen LogP contribution in [0.15, 0.2) is 36.7 Å². The molecule has 0 unspecified atom stereocenters. The average molecular weight is 282 g/mol. The quantitative estimate of drug-likeness (QED) is 0.940. The molecule has 108 valence electrons. The van der Waals surface area contributed by atoms with Gasteiger partial charge < -0.3 is 10.2 Å². The van der Waals surface area contributed by atoms with Crippen molar-refractivity contribution in [2.45, 2.75) is 19.8 Å². The van der Waals surface area contributed by atoms with E-state index in [1.165, 1.54) is 12.8 Å². The summed E-state index contributed by atoms with van der Waals surface area (Å²) in [5.41, 5.74) is 2.40. The van der Waals surface area contributed by atoms with Gasteiger partial charge in [-0.15, -0.1) is 0 Å². The van der Waals surface area contributed by atoms with Crippen molar-refractivity contribution in [2.24, 2.45) is 0 Å². The molecule has 1 aromatic carbocycles. The van der Waals surface area contributed by atoms with Crippen LogP contribution in [-0.4, -0.2) is 29.0 Å². The van der Waals surface area contributed by atoms with Crippen molar-refractivity contribution in [3.63, 3.8) is 0 Å². The topological polar surface area (TPSA) is 58.1 Å². The third-order valence-electron chi connectivity index (χ3n) is 3.60. The molecule has 1 aliphatic rings. The standard InChI is InChI=1S/C16H18N4O/c1-12-4-6-14(7-5-12)19-15(21)13-10-17-16(18-11-13)20-8-2-3-9-20/h4-7,10-11H,2-3,8-9H2,1H3,(H,19,21). The van der Waals surface area contributed by atoms with Crippen LogP contribution in [-0.2, 0) is 0 Å². The maximum atomic E-state index is 12.1. The number of hydrogen-bond donors (Lipinski definition) is 1. The molecule has 0 atom stereocenters. The van der Waals surface area contributed by atoms with Crippen molar-refractivity contribution < 1.29 is 4.79 Å². The molecule has 5 nitrogen and oxygen atoms in total. The maximum absolute atomic E-state index is 12.1. The highest BCUT2D eigenvalue weighted by Gasteiger charge is 2.15. The van der Waals surface area contributed by atoms with E-state index in [0.717, 1.165) is 24.3 Å². The number of rotatable bonds is 3. The molecule has 1 aromatic heterocycles. The van der Waals surface area contributed by atoms with E-state index in [1.807, 2.05) is 31.2 Å². The molecule has 5 heteroatoms. The first-order valence-corrected chi connectivity index (χ1v) is 7.17. The number of benzene rings is 1. The Bertz CT molecular complexity index is 616. The van der Waals surface area contributed by atoms with Gasteiger partial charge >= 0.3 is 0 Å². The number of nitrogens with one attached hydrogen (secondary N) is 1. The first kappa shape index (κ1) is 13.5. The Morgan fingerprint density at radius 2 is 1.71 bits per heavy atom. The number of aromatic nitrogens is 2. The van der Waals surface area contributed by atoms with Crippen molar-refractivity contribution in [2.75, 3.05) is 23.3 Å². The smallest absolute Gasteiger partial charge is 0.258 e. The second-order valence-electron chi connectivity index (χ2n) is 5.29. The van der Waals surface area contributed by atoms with Gasteiger partial charge in [-0.3, -0.25) is 4.79 Å². The molecule has 2 heterocycles. The Kier molecular flexibility index (Phi) is 3.81. The van der Waals surface area contributed by atoms with Crippen LogP contribution in [0.5, 0.6) is 0 Å². The Labute approximate surface area is 124 Å². The fraction of sp³-hybridized carbons (Fsp3) is 0.312. The number of hydrogen-bond acceptors (Lipinski definition) is 4. The van der Waals surface area contributed by atoms with E-state index in [9.17, 15) is 4.79 Å². The summed E-state index contributed by atoms with van der Waals surface area (Å²) in [4.78, 5) is 22.9. The molecular weight excluding hydrogens is 264 g/mol. The van der Waals surface area contributed by atoms with Gasteiger partial charge in [0.25, 0.3) is 5.91 Å². The maximum Gasteiger partial charge on any atom is 0.258 e. The van der Waals surface area contributed by atoms with Crippen molar-refractivity contribution in [1.29, 1.82) is 0 Å². The van der Waals surface area contributed by atoms with Crippen LogP contribution in [0, 0.1) is 6.92 Å². The molecule has 0 bridgehead atoms. The van der Waals surface area contributed by atoms with Crippen LogP contribution in [0.4, 0.5) is 11.6 Å². The minimum absolute atomic E-state index is 0.188. The van der Waals surface area contributed by atoms with Crippen LogP contribution in [0.1, 0.15) is 28.8 Å². The van der Waals surface area contributed by atoms with E-state index in [1.54, 1.807) is 12.4 Å². The minimum Gasteiger partial charge on any atom is -0.341 e. The van der Waals surface area contributed by atoms with E-state index in [0.29, 0.717) is 11.5 Å². The summed E-state index contributed by atoms with van der Waals surface area (Å²) in [6.07, 6.45) is 5.53. The molecule has 0 aliphatic carbocycles. The first-order chi connectivity index (χ1) is 10.2. The number of carbonyl (C=O) groups is 1. The number of amides is 1. The third kappa shape index (κ3) is 3.18. The van der Waals surface area contributed by atoms with Crippen LogP contribution >= 0.6 is 0 Å².